The highest BCUT2D eigenvalue weighted by Gasteiger charge is 2.16. The van der Waals surface area contributed by atoms with Gasteiger partial charge in [0.25, 0.3) is 0 Å². The number of ether oxygens (including phenoxy) is 1. The van der Waals surface area contributed by atoms with Crippen molar-refractivity contribution >= 4 is 11.7 Å². The van der Waals surface area contributed by atoms with Crippen LogP contribution in [-0.2, 0) is 16.1 Å². The van der Waals surface area contributed by atoms with Gasteiger partial charge in [-0.25, -0.2) is 0 Å². The molecule has 0 unspecified atom stereocenters. The molecule has 0 N–H and O–H groups in total. The minimum atomic E-state index is 0.0163. The number of morpholine rings is 1. The number of carbonyl (C=O) groups excluding carboxylic acids is 2. The normalized spacial score (nSPS) is 15.9. The number of hydrogen-bond acceptors (Lipinski definition) is 3. The molecule has 5 nitrogen and oxygen atoms in total. The van der Waals surface area contributed by atoms with Crippen LogP contribution in [0.15, 0.2) is 18.5 Å². The fourth-order valence-corrected chi connectivity index (χ4v) is 1.82. The highest BCUT2D eigenvalue weighted by Crippen LogP contribution is 2.04. The number of aromatic nitrogens is 1. The lowest BCUT2D eigenvalue weighted by molar-refractivity contribution is -0.135. The summed E-state index contributed by atoms with van der Waals surface area (Å²) in [6, 6.07) is 1.73. The Bertz CT molecular complexity index is 419. The molecule has 1 aromatic heterocycles. The second-order valence-electron chi connectivity index (χ2n) is 4.12. The monoisotopic (exact) mass is 236 g/mol. The number of ketones is 1. The molecular weight excluding hydrogens is 220 g/mol. The minimum Gasteiger partial charge on any atom is -0.378 e. The van der Waals surface area contributed by atoms with Crippen LogP contribution in [0.2, 0.25) is 0 Å². The molecule has 2 rings (SSSR count). The summed E-state index contributed by atoms with van der Waals surface area (Å²) in [5, 5.41) is 0. The highest BCUT2D eigenvalue weighted by atomic mass is 16.5. The minimum absolute atomic E-state index is 0.0163. The van der Waals surface area contributed by atoms with E-state index in [0.29, 0.717) is 31.9 Å². The molecule has 1 amide bonds. The lowest BCUT2D eigenvalue weighted by Gasteiger charge is -2.26. The molecule has 1 saturated heterocycles. The first kappa shape index (κ1) is 11.9. The van der Waals surface area contributed by atoms with Crippen molar-refractivity contribution in [1.29, 1.82) is 0 Å². The van der Waals surface area contributed by atoms with Gasteiger partial charge < -0.3 is 14.2 Å². The summed E-state index contributed by atoms with van der Waals surface area (Å²) >= 11 is 0. The second-order valence-corrected chi connectivity index (χ2v) is 4.12. The van der Waals surface area contributed by atoms with Gasteiger partial charge in [-0.3, -0.25) is 9.59 Å². The summed E-state index contributed by atoms with van der Waals surface area (Å²) < 4.78 is 6.93. The fourth-order valence-electron chi connectivity index (χ4n) is 1.82. The van der Waals surface area contributed by atoms with Gasteiger partial charge in [-0.1, -0.05) is 0 Å². The standard InChI is InChI=1S/C12H16N2O3/c1-10(15)11-2-3-13(8-11)9-12(16)14-4-6-17-7-5-14/h2-3,8H,4-7,9H2,1H3. The number of rotatable bonds is 3. The number of nitrogens with zero attached hydrogens (tertiary/aromatic N) is 2. The predicted molar refractivity (Wildman–Crippen MR) is 61.8 cm³/mol. The average molecular weight is 236 g/mol. The molecule has 92 valence electrons. The van der Waals surface area contributed by atoms with Crippen LogP contribution >= 0.6 is 0 Å². The van der Waals surface area contributed by atoms with Gasteiger partial charge in [0.1, 0.15) is 6.54 Å². The molecule has 1 aliphatic heterocycles. The molecule has 0 saturated carbocycles. The quantitative estimate of drug-likeness (QED) is 0.720. The van der Waals surface area contributed by atoms with E-state index in [1.54, 1.807) is 27.9 Å². The first-order chi connectivity index (χ1) is 8.16. The summed E-state index contributed by atoms with van der Waals surface area (Å²) in [7, 11) is 0. The Labute approximate surface area is 100.0 Å². The molecule has 1 aromatic rings. The number of Topliss-reactive ketones (excluding diaryl/α,β-unsaturated/α-hetero) is 1. The lowest BCUT2D eigenvalue weighted by atomic mass is 10.2. The van der Waals surface area contributed by atoms with Crippen molar-refractivity contribution < 1.29 is 14.3 Å². The van der Waals surface area contributed by atoms with Crippen LogP contribution in [0.1, 0.15) is 17.3 Å². The molecule has 0 bridgehead atoms. The summed E-state index contributed by atoms with van der Waals surface area (Å²) in [5.41, 5.74) is 0.639. The maximum absolute atomic E-state index is 11.9. The van der Waals surface area contributed by atoms with Crippen LogP contribution in [0, 0.1) is 0 Å². The van der Waals surface area contributed by atoms with Crippen molar-refractivity contribution in [3.05, 3.63) is 24.0 Å². The van der Waals surface area contributed by atoms with E-state index in [0.717, 1.165) is 0 Å². The maximum atomic E-state index is 11.9. The first-order valence-electron chi connectivity index (χ1n) is 5.69. The third-order valence-corrected chi connectivity index (χ3v) is 2.84. The van der Waals surface area contributed by atoms with E-state index in [9.17, 15) is 9.59 Å². The molecule has 2 heterocycles. The third kappa shape index (κ3) is 2.94. The number of amides is 1. The Hall–Kier alpha value is -1.62. The zero-order valence-corrected chi connectivity index (χ0v) is 9.89. The van der Waals surface area contributed by atoms with Crippen LogP contribution in [-0.4, -0.2) is 47.5 Å². The predicted octanol–water partition coefficient (Wildman–Crippen LogP) is 0.549. The van der Waals surface area contributed by atoms with E-state index in [-0.39, 0.29) is 18.2 Å². The van der Waals surface area contributed by atoms with Gasteiger partial charge in [0.15, 0.2) is 5.78 Å². The molecule has 1 aliphatic rings. The highest BCUT2D eigenvalue weighted by molar-refractivity contribution is 5.93. The lowest BCUT2D eigenvalue weighted by Crippen LogP contribution is -2.42. The summed E-state index contributed by atoms with van der Waals surface area (Å²) in [6.07, 6.45) is 3.47. The molecular formula is C12H16N2O3. The van der Waals surface area contributed by atoms with Crippen molar-refractivity contribution in [2.45, 2.75) is 13.5 Å². The summed E-state index contributed by atoms with van der Waals surface area (Å²) in [6.45, 7) is 4.32. The van der Waals surface area contributed by atoms with E-state index in [1.165, 1.54) is 6.92 Å². The molecule has 0 radical (unpaired) electrons. The molecule has 17 heavy (non-hydrogen) atoms. The summed E-state index contributed by atoms with van der Waals surface area (Å²) in [4.78, 5) is 24.8. The van der Waals surface area contributed by atoms with Gasteiger partial charge in [0.05, 0.1) is 13.2 Å². The molecule has 0 spiro atoms. The van der Waals surface area contributed by atoms with E-state index in [2.05, 4.69) is 0 Å². The Morgan fingerprint density at radius 1 is 1.35 bits per heavy atom. The van der Waals surface area contributed by atoms with Crippen LogP contribution < -0.4 is 0 Å². The molecule has 0 aliphatic carbocycles. The smallest absolute Gasteiger partial charge is 0.242 e. The van der Waals surface area contributed by atoms with Gasteiger partial charge in [0.2, 0.25) is 5.91 Å². The van der Waals surface area contributed by atoms with Gasteiger partial charge in [0, 0.05) is 31.0 Å². The van der Waals surface area contributed by atoms with E-state index >= 15 is 0 Å². The van der Waals surface area contributed by atoms with Gasteiger partial charge in [-0.15, -0.1) is 0 Å². The van der Waals surface area contributed by atoms with Crippen LogP contribution in [0.4, 0.5) is 0 Å². The molecule has 1 fully saturated rings. The van der Waals surface area contributed by atoms with Gasteiger partial charge in [-0.2, -0.15) is 0 Å². The maximum Gasteiger partial charge on any atom is 0.242 e. The zero-order valence-electron chi connectivity index (χ0n) is 9.89. The van der Waals surface area contributed by atoms with Gasteiger partial charge in [-0.05, 0) is 13.0 Å². The van der Waals surface area contributed by atoms with Crippen molar-refractivity contribution in [3.63, 3.8) is 0 Å². The third-order valence-electron chi connectivity index (χ3n) is 2.84. The van der Waals surface area contributed by atoms with Crippen molar-refractivity contribution in [2.75, 3.05) is 26.3 Å². The Morgan fingerprint density at radius 2 is 2.06 bits per heavy atom. The largest absolute Gasteiger partial charge is 0.378 e. The summed E-state index contributed by atoms with van der Waals surface area (Å²) in [5.74, 6) is 0.0848. The van der Waals surface area contributed by atoms with E-state index < -0.39 is 0 Å². The van der Waals surface area contributed by atoms with E-state index in [4.69, 9.17) is 4.74 Å². The van der Waals surface area contributed by atoms with Crippen molar-refractivity contribution in [2.24, 2.45) is 0 Å². The topological polar surface area (TPSA) is 51.5 Å². The van der Waals surface area contributed by atoms with Crippen molar-refractivity contribution in [3.8, 4) is 0 Å². The number of carbonyl (C=O) groups is 2. The van der Waals surface area contributed by atoms with E-state index in [1.807, 2.05) is 0 Å². The van der Waals surface area contributed by atoms with Crippen molar-refractivity contribution in [1.82, 2.24) is 9.47 Å². The number of hydrogen-bond donors (Lipinski definition) is 0. The molecule has 0 atom stereocenters. The Balaban J connectivity index is 1.94. The fraction of sp³-hybridized carbons (Fsp3) is 0.500. The molecule has 5 heteroatoms. The van der Waals surface area contributed by atoms with Gasteiger partial charge >= 0.3 is 0 Å². The van der Waals surface area contributed by atoms with Crippen LogP contribution in [0.3, 0.4) is 0 Å². The average Bonchev–Trinajstić information content (AvgIpc) is 2.79. The first-order valence-corrected chi connectivity index (χ1v) is 5.69. The Kier molecular flexibility index (Phi) is 3.58. The Morgan fingerprint density at radius 3 is 2.65 bits per heavy atom. The van der Waals surface area contributed by atoms with Crippen LogP contribution in [0.25, 0.3) is 0 Å². The van der Waals surface area contributed by atoms with Crippen LogP contribution in [0.5, 0.6) is 0 Å². The zero-order chi connectivity index (χ0) is 12.3. The SMILES string of the molecule is CC(=O)c1ccn(CC(=O)N2CCOCC2)c1. The second kappa shape index (κ2) is 5.14. The molecule has 0 aromatic carbocycles.